The first-order chi connectivity index (χ1) is 10.9. The van der Waals surface area contributed by atoms with E-state index < -0.39 is 7.41 Å². The highest BCUT2D eigenvalue weighted by atomic mass is 79.9. The number of rotatable bonds is 5. The second kappa shape index (κ2) is 8.40. The molecule has 1 nitrogen and oxygen atoms in total. The average Bonchev–Trinajstić information content (AvgIpc) is 2.62. The minimum absolute atomic E-state index is 0. The lowest BCUT2D eigenvalue weighted by Crippen LogP contribution is -2.40. The van der Waals surface area contributed by atoms with Gasteiger partial charge >= 0.3 is 0 Å². The zero-order valence-electron chi connectivity index (χ0n) is 13.2. The number of halogens is 1. The molecule has 0 aliphatic heterocycles. The molecule has 0 fully saturated rings. The van der Waals surface area contributed by atoms with E-state index in [9.17, 15) is 0 Å². The molecule has 3 rings (SSSR count). The van der Waals surface area contributed by atoms with E-state index in [1.54, 1.807) is 0 Å². The predicted octanol–water partition coefficient (Wildman–Crippen LogP) is 4.08. The van der Waals surface area contributed by atoms with Crippen LogP contribution >= 0.6 is 24.4 Å². The highest BCUT2D eigenvalue weighted by Crippen LogP contribution is 2.50. The normalized spacial score (nSPS) is 10.8. The summed E-state index contributed by atoms with van der Waals surface area (Å²) in [6.07, 6.45) is 0. The molecule has 0 bridgehead atoms. The third kappa shape index (κ3) is 3.55. The van der Waals surface area contributed by atoms with Crippen LogP contribution in [0.3, 0.4) is 0 Å². The van der Waals surface area contributed by atoms with Crippen molar-refractivity contribution in [3.63, 3.8) is 0 Å². The molecule has 0 spiro atoms. The third-order valence-corrected chi connectivity index (χ3v) is 7.83. The molecule has 0 radical (unpaired) electrons. The van der Waals surface area contributed by atoms with Gasteiger partial charge in [0.25, 0.3) is 0 Å². The predicted molar refractivity (Wildman–Crippen MR) is 109 cm³/mol. The molecule has 0 aliphatic rings. The standard InChI is InChI=1S/C20H21NP.BrH/c1-2-21-22(18-12-6-3-7-13-18,19-14-8-4-9-15-19)20-16-10-5-11-17-20;/h3-17,21H,2H2,1H3;1H/q+1;. The van der Waals surface area contributed by atoms with Crippen molar-refractivity contribution in [1.82, 2.24) is 5.09 Å². The average molecular weight is 387 g/mol. The highest BCUT2D eigenvalue weighted by molar-refractivity contribution is 8.93. The minimum atomic E-state index is -1.80. The van der Waals surface area contributed by atoms with Gasteiger partial charge < -0.3 is 0 Å². The van der Waals surface area contributed by atoms with Gasteiger partial charge in [-0.15, -0.1) is 17.0 Å². The van der Waals surface area contributed by atoms with Gasteiger partial charge in [0.2, 0.25) is 0 Å². The Morgan fingerprint density at radius 2 is 0.913 bits per heavy atom. The molecule has 23 heavy (non-hydrogen) atoms. The number of benzene rings is 3. The molecule has 3 heteroatoms. The fourth-order valence-electron chi connectivity index (χ4n) is 2.91. The Hall–Kier alpha value is -1.47. The molecule has 1 N–H and O–H groups in total. The number of hydrogen-bond donors (Lipinski definition) is 1. The Kier molecular flexibility index (Phi) is 6.53. The maximum atomic E-state index is 3.86. The van der Waals surface area contributed by atoms with Crippen molar-refractivity contribution in [2.24, 2.45) is 0 Å². The Morgan fingerprint density at radius 3 is 1.17 bits per heavy atom. The van der Waals surface area contributed by atoms with Crippen LogP contribution in [-0.2, 0) is 0 Å². The van der Waals surface area contributed by atoms with Gasteiger partial charge in [0.05, 0.1) is 0 Å². The molecule has 0 heterocycles. The van der Waals surface area contributed by atoms with Crippen molar-refractivity contribution in [3.05, 3.63) is 91.0 Å². The molecule has 0 unspecified atom stereocenters. The van der Waals surface area contributed by atoms with Gasteiger partial charge in [0, 0.05) is 6.54 Å². The van der Waals surface area contributed by atoms with E-state index in [4.69, 9.17) is 0 Å². The lowest BCUT2D eigenvalue weighted by atomic mass is 10.4. The monoisotopic (exact) mass is 386 g/mol. The first-order valence-corrected chi connectivity index (χ1v) is 9.48. The summed E-state index contributed by atoms with van der Waals surface area (Å²) in [7, 11) is -1.80. The van der Waals surface area contributed by atoms with Crippen molar-refractivity contribution in [2.45, 2.75) is 6.92 Å². The molecule has 0 aliphatic carbocycles. The second-order valence-corrected chi connectivity index (χ2v) is 8.40. The van der Waals surface area contributed by atoms with Crippen LogP contribution in [0.5, 0.6) is 0 Å². The van der Waals surface area contributed by atoms with Crippen LogP contribution in [0, 0.1) is 0 Å². The summed E-state index contributed by atoms with van der Waals surface area (Å²) in [4.78, 5) is 0. The van der Waals surface area contributed by atoms with Gasteiger partial charge in [0.1, 0.15) is 15.9 Å². The highest BCUT2D eigenvalue weighted by Gasteiger charge is 2.44. The van der Waals surface area contributed by atoms with Gasteiger partial charge in [0.15, 0.2) is 7.41 Å². The molecular formula is C20H22BrNP+. The van der Waals surface area contributed by atoms with Crippen LogP contribution in [-0.4, -0.2) is 6.54 Å². The van der Waals surface area contributed by atoms with Crippen molar-refractivity contribution >= 4 is 40.3 Å². The SMILES string of the molecule is Br.CCN[P+](c1ccccc1)(c1ccccc1)c1ccccc1. The summed E-state index contributed by atoms with van der Waals surface area (Å²) < 4.78 is 0. The van der Waals surface area contributed by atoms with Gasteiger partial charge in [-0.25, -0.2) is 0 Å². The van der Waals surface area contributed by atoms with Crippen molar-refractivity contribution < 1.29 is 0 Å². The molecule has 0 saturated heterocycles. The molecule has 3 aromatic carbocycles. The van der Waals surface area contributed by atoms with Gasteiger partial charge in [-0.05, 0) is 43.3 Å². The second-order valence-electron chi connectivity index (χ2n) is 5.19. The van der Waals surface area contributed by atoms with Gasteiger partial charge in [-0.2, -0.15) is 5.09 Å². The first-order valence-electron chi connectivity index (χ1n) is 7.69. The quantitative estimate of drug-likeness (QED) is 0.651. The Balaban J connectivity index is 0.00000192. The molecule has 3 aromatic rings. The number of nitrogens with one attached hydrogen (secondary N) is 1. The van der Waals surface area contributed by atoms with E-state index in [0.717, 1.165) is 6.54 Å². The van der Waals surface area contributed by atoms with E-state index in [0.29, 0.717) is 0 Å². The number of hydrogen-bond acceptors (Lipinski definition) is 1. The van der Waals surface area contributed by atoms with Gasteiger partial charge in [-0.1, -0.05) is 54.6 Å². The molecule has 0 atom stereocenters. The maximum absolute atomic E-state index is 3.86. The molecule has 0 amide bonds. The lowest BCUT2D eigenvalue weighted by molar-refractivity contribution is 1.02. The topological polar surface area (TPSA) is 12.0 Å². The molecular weight excluding hydrogens is 365 g/mol. The summed E-state index contributed by atoms with van der Waals surface area (Å²) in [6, 6.07) is 32.5. The van der Waals surface area contributed by atoms with E-state index in [-0.39, 0.29) is 17.0 Å². The smallest absolute Gasteiger partial charge is 0.178 e. The van der Waals surface area contributed by atoms with E-state index >= 15 is 0 Å². The zero-order valence-corrected chi connectivity index (χ0v) is 15.8. The molecule has 118 valence electrons. The van der Waals surface area contributed by atoms with Crippen LogP contribution in [0.4, 0.5) is 0 Å². The van der Waals surface area contributed by atoms with E-state index in [2.05, 4.69) is 103 Å². The van der Waals surface area contributed by atoms with E-state index in [1.165, 1.54) is 15.9 Å². The van der Waals surface area contributed by atoms with Crippen molar-refractivity contribution in [1.29, 1.82) is 0 Å². The van der Waals surface area contributed by atoms with Crippen molar-refractivity contribution in [2.75, 3.05) is 6.54 Å². The Morgan fingerprint density at radius 1 is 0.609 bits per heavy atom. The Labute approximate surface area is 149 Å². The summed E-state index contributed by atoms with van der Waals surface area (Å²) in [5.74, 6) is 0. The van der Waals surface area contributed by atoms with Crippen LogP contribution in [0.15, 0.2) is 91.0 Å². The van der Waals surface area contributed by atoms with Crippen LogP contribution in [0.1, 0.15) is 6.92 Å². The zero-order chi connectivity index (χ0) is 15.3. The van der Waals surface area contributed by atoms with Crippen molar-refractivity contribution in [3.8, 4) is 0 Å². The first kappa shape index (κ1) is 17.9. The van der Waals surface area contributed by atoms with Crippen LogP contribution in [0.2, 0.25) is 0 Å². The summed E-state index contributed by atoms with van der Waals surface area (Å²) in [5.41, 5.74) is 0. The maximum Gasteiger partial charge on any atom is 0.178 e. The third-order valence-electron chi connectivity index (χ3n) is 3.83. The largest absolute Gasteiger partial charge is 0.179 e. The summed E-state index contributed by atoms with van der Waals surface area (Å²) in [5, 5.41) is 7.97. The fourth-order valence-corrected chi connectivity index (χ4v) is 6.69. The van der Waals surface area contributed by atoms with Gasteiger partial charge in [-0.3, -0.25) is 0 Å². The molecule has 0 aromatic heterocycles. The minimum Gasteiger partial charge on any atom is -0.179 e. The van der Waals surface area contributed by atoms with Crippen LogP contribution < -0.4 is 21.0 Å². The van der Waals surface area contributed by atoms with Crippen LogP contribution in [0.25, 0.3) is 0 Å². The fraction of sp³-hybridized carbons (Fsp3) is 0.100. The molecule has 0 saturated carbocycles. The summed E-state index contributed by atoms with van der Waals surface area (Å²) >= 11 is 0. The van der Waals surface area contributed by atoms with E-state index in [1.807, 2.05) is 0 Å². The summed E-state index contributed by atoms with van der Waals surface area (Å²) in [6.45, 7) is 3.12. The lowest BCUT2D eigenvalue weighted by Gasteiger charge is -2.27. The Bertz CT molecular complexity index is 605.